The molecule has 0 aliphatic heterocycles. The molecule has 0 saturated carbocycles. The van der Waals surface area contributed by atoms with Gasteiger partial charge in [-0.3, -0.25) is 0 Å². The predicted octanol–water partition coefficient (Wildman–Crippen LogP) is 3.45. The highest BCUT2D eigenvalue weighted by atomic mass is 32.2. The van der Waals surface area contributed by atoms with Crippen molar-refractivity contribution in [3.63, 3.8) is 0 Å². The number of aliphatic hydroxyl groups is 1. The molecular weight excluding hydrogens is 247 g/mol. The second-order valence-electron chi connectivity index (χ2n) is 4.52. The second kappa shape index (κ2) is 7.45. The van der Waals surface area contributed by atoms with E-state index in [0.717, 1.165) is 11.3 Å². The molecule has 1 nitrogen and oxygen atoms in total. The average molecular weight is 266 g/mol. The quantitative estimate of drug-likeness (QED) is 0.842. The topological polar surface area (TPSA) is 20.2 Å². The summed E-state index contributed by atoms with van der Waals surface area (Å²) >= 11 is 1.84. The average Bonchev–Trinajstić information content (AvgIpc) is 2.34. The summed E-state index contributed by atoms with van der Waals surface area (Å²) in [6.45, 7) is 6.37. The predicted molar refractivity (Wildman–Crippen MR) is 76.0 cm³/mol. The standard InChI is InChI=1S/C15H19FOS/c1-11(2)12(3)18-10-14-6-7-15(16)9-13(14)5-4-8-17/h6-7,9,11-12,17H,8,10H2,1-3H3. The smallest absolute Gasteiger partial charge is 0.124 e. The van der Waals surface area contributed by atoms with Crippen molar-refractivity contribution < 1.29 is 9.50 Å². The van der Waals surface area contributed by atoms with Crippen LogP contribution in [0.1, 0.15) is 31.9 Å². The maximum absolute atomic E-state index is 13.2. The zero-order valence-corrected chi connectivity index (χ0v) is 11.9. The van der Waals surface area contributed by atoms with E-state index in [1.54, 1.807) is 6.07 Å². The lowest BCUT2D eigenvalue weighted by Gasteiger charge is -2.15. The summed E-state index contributed by atoms with van der Waals surface area (Å²) in [6, 6.07) is 4.66. The summed E-state index contributed by atoms with van der Waals surface area (Å²) < 4.78 is 13.2. The Balaban J connectivity index is 2.81. The summed E-state index contributed by atoms with van der Waals surface area (Å²) in [5, 5.41) is 9.26. The van der Waals surface area contributed by atoms with Gasteiger partial charge in [0, 0.05) is 16.6 Å². The monoisotopic (exact) mass is 266 g/mol. The van der Waals surface area contributed by atoms with E-state index in [-0.39, 0.29) is 12.4 Å². The van der Waals surface area contributed by atoms with Crippen LogP contribution >= 0.6 is 11.8 Å². The molecule has 0 heterocycles. The van der Waals surface area contributed by atoms with Crippen molar-refractivity contribution in [1.82, 2.24) is 0 Å². The van der Waals surface area contributed by atoms with E-state index in [9.17, 15) is 4.39 Å². The number of hydrogen-bond donors (Lipinski definition) is 1. The van der Waals surface area contributed by atoms with Crippen LogP contribution < -0.4 is 0 Å². The van der Waals surface area contributed by atoms with E-state index in [4.69, 9.17) is 5.11 Å². The van der Waals surface area contributed by atoms with Gasteiger partial charge in [0.1, 0.15) is 12.4 Å². The Labute approximate surface area is 113 Å². The Morgan fingerprint density at radius 1 is 1.33 bits per heavy atom. The van der Waals surface area contributed by atoms with Gasteiger partial charge in [-0.1, -0.05) is 38.7 Å². The SMILES string of the molecule is CC(C)C(C)SCc1ccc(F)cc1C#CCO. The van der Waals surface area contributed by atoms with Crippen molar-refractivity contribution in [2.45, 2.75) is 31.8 Å². The van der Waals surface area contributed by atoms with Crippen LogP contribution in [0.2, 0.25) is 0 Å². The third-order valence-corrected chi connectivity index (χ3v) is 4.36. The third-order valence-electron chi connectivity index (χ3n) is 2.81. The normalized spacial score (nSPS) is 12.1. The van der Waals surface area contributed by atoms with Crippen LogP contribution in [-0.2, 0) is 5.75 Å². The van der Waals surface area contributed by atoms with Crippen LogP contribution in [0.15, 0.2) is 18.2 Å². The Morgan fingerprint density at radius 2 is 2.06 bits per heavy atom. The van der Waals surface area contributed by atoms with Gasteiger partial charge < -0.3 is 5.11 Å². The van der Waals surface area contributed by atoms with Gasteiger partial charge >= 0.3 is 0 Å². The van der Waals surface area contributed by atoms with E-state index in [1.807, 2.05) is 11.8 Å². The number of aliphatic hydroxyl groups excluding tert-OH is 1. The Kier molecular flexibility index (Phi) is 6.24. The minimum Gasteiger partial charge on any atom is -0.384 e. The number of thioether (sulfide) groups is 1. The summed E-state index contributed by atoms with van der Waals surface area (Å²) in [6.07, 6.45) is 0. The zero-order chi connectivity index (χ0) is 13.5. The first-order chi connectivity index (χ1) is 8.54. The molecule has 0 aromatic heterocycles. The second-order valence-corrected chi connectivity index (χ2v) is 5.89. The van der Waals surface area contributed by atoms with E-state index in [2.05, 4.69) is 32.6 Å². The third kappa shape index (κ3) is 4.72. The van der Waals surface area contributed by atoms with Gasteiger partial charge in [0.2, 0.25) is 0 Å². The Morgan fingerprint density at radius 3 is 2.67 bits per heavy atom. The van der Waals surface area contributed by atoms with Crippen LogP contribution in [0.3, 0.4) is 0 Å². The molecule has 0 fully saturated rings. The summed E-state index contributed by atoms with van der Waals surface area (Å²) in [7, 11) is 0. The van der Waals surface area contributed by atoms with Crippen LogP contribution in [0.25, 0.3) is 0 Å². The molecule has 98 valence electrons. The van der Waals surface area contributed by atoms with Crippen molar-refractivity contribution in [1.29, 1.82) is 0 Å². The van der Waals surface area contributed by atoms with Crippen LogP contribution in [0, 0.1) is 23.6 Å². The zero-order valence-electron chi connectivity index (χ0n) is 11.0. The van der Waals surface area contributed by atoms with Gasteiger partial charge in [-0.25, -0.2) is 4.39 Å². The molecule has 1 unspecified atom stereocenters. The van der Waals surface area contributed by atoms with Crippen LogP contribution in [-0.4, -0.2) is 17.0 Å². The molecule has 1 aromatic rings. The largest absolute Gasteiger partial charge is 0.384 e. The maximum Gasteiger partial charge on any atom is 0.124 e. The minimum absolute atomic E-state index is 0.203. The first kappa shape index (κ1) is 15.1. The fourth-order valence-electron chi connectivity index (χ4n) is 1.34. The molecule has 0 saturated heterocycles. The Hall–Kier alpha value is -0.980. The molecule has 1 aromatic carbocycles. The molecule has 0 aliphatic carbocycles. The van der Waals surface area contributed by atoms with E-state index >= 15 is 0 Å². The lowest BCUT2D eigenvalue weighted by molar-refractivity contribution is 0.350. The van der Waals surface area contributed by atoms with Crippen LogP contribution in [0.5, 0.6) is 0 Å². The number of halogens is 1. The molecule has 1 N–H and O–H groups in total. The maximum atomic E-state index is 13.2. The van der Waals surface area contributed by atoms with Crippen molar-refractivity contribution in [2.75, 3.05) is 6.61 Å². The van der Waals surface area contributed by atoms with E-state index in [0.29, 0.717) is 16.7 Å². The number of hydrogen-bond acceptors (Lipinski definition) is 2. The molecule has 1 atom stereocenters. The van der Waals surface area contributed by atoms with Gasteiger partial charge in [-0.2, -0.15) is 11.8 Å². The number of rotatable bonds is 4. The highest BCUT2D eigenvalue weighted by Crippen LogP contribution is 2.24. The molecule has 18 heavy (non-hydrogen) atoms. The van der Waals surface area contributed by atoms with Crippen molar-refractivity contribution in [3.05, 3.63) is 35.1 Å². The Bertz CT molecular complexity index is 446. The molecule has 0 amide bonds. The van der Waals surface area contributed by atoms with E-state index in [1.165, 1.54) is 12.1 Å². The molecule has 3 heteroatoms. The minimum atomic E-state index is -0.289. The van der Waals surface area contributed by atoms with E-state index < -0.39 is 0 Å². The molecule has 0 spiro atoms. The highest BCUT2D eigenvalue weighted by Gasteiger charge is 2.09. The summed E-state index contributed by atoms with van der Waals surface area (Å²) in [4.78, 5) is 0. The van der Waals surface area contributed by atoms with Gasteiger partial charge in [-0.15, -0.1) is 0 Å². The molecule has 0 radical (unpaired) electrons. The van der Waals surface area contributed by atoms with Gasteiger partial charge in [0.25, 0.3) is 0 Å². The fraction of sp³-hybridized carbons (Fsp3) is 0.467. The van der Waals surface area contributed by atoms with Gasteiger partial charge in [0.15, 0.2) is 0 Å². The fourth-order valence-corrected chi connectivity index (χ4v) is 2.42. The highest BCUT2D eigenvalue weighted by molar-refractivity contribution is 7.99. The van der Waals surface area contributed by atoms with Gasteiger partial charge in [0.05, 0.1) is 0 Å². The molecule has 0 aliphatic rings. The number of benzene rings is 1. The molecule has 0 bridgehead atoms. The first-order valence-corrected chi connectivity index (χ1v) is 7.09. The first-order valence-electron chi connectivity index (χ1n) is 6.04. The lowest BCUT2D eigenvalue weighted by Crippen LogP contribution is -2.06. The lowest BCUT2D eigenvalue weighted by atomic mass is 10.1. The summed E-state index contributed by atoms with van der Waals surface area (Å²) in [5.74, 6) is 6.51. The van der Waals surface area contributed by atoms with Crippen LogP contribution in [0.4, 0.5) is 4.39 Å². The van der Waals surface area contributed by atoms with Crippen molar-refractivity contribution in [2.24, 2.45) is 5.92 Å². The summed E-state index contributed by atoms with van der Waals surface area (Å²) in [5.41, 5.74) is 1.70. The van der Waals surface area contributed by atoms with Crippen molar-refractivity contribution >= 4 is 11.8 Å². The van der Waals surface area contributed by atoms with Gasteiger partial charge in [-0.05, 0) is 23.6 Å². The molecular formula is C15H19FOS. The van der Waals surface area contributed by atoms with Crippen molar-refractivity contribution in [3.8, 4) is 11.8 Å². The molecule has 1 rings (SSSR count).